The minimum absolute atomic E-state index is 0.198. The highest BCUT2D eigenvalue weighted by Gasteiger charge is 2.30. The lowest BCUT2D eigenvalue weighted by Gasteiger charge is -2.19. The molecule has 0 fully saturated rings. The summed E-state index contributed by atoms with van der Waals surface area (Å²) in [5, 5.41) is 23.6. The van der Waals surface area contributed by atoms with Gasteiger partial charge in [-0.3, -0.25) is 9.55 Å². The van der Waals surface area contributed by atoms with E-state index in [4.69, 9.17) is 4.52 Å². The van der Waals surface area contributed by atoms with Crippen LogP contribution in [0.5, 0.6) is 5.75 Å². The number of aryl methyl sites for hydroxylation is 1. The zero-order chi connectivity index (χ0) is 24.4. The highest BCUT2D eigenvalue weighted by Crippen LogP contribution is 2.34. The van der Waals surface area contributed by atoms with Crippen LogP contribution >= 0.6 is 11.8 Å². The molecule has 0 spiro atoms. The molecule has 0 saturated carbocycles. The first kappa shape index (κ1) is 22.8. The molecule has 0 aliphatic rings. The molecule has 0 unspecified atom stereocenters. The van der Waals surface area contributed by atoms with Gasteiger partial charge in [0, 0.05) is 35.0 Å². The Labute approximate surface area is 207 Å². The Morgan fingerprint density at radius 3 is 2.34 bits per heavy atom. The van der Waals surface area contributed by atoms with E-state index in [1.54, 1.807) is 36.3 Å². The molecule has 0 atom stereocenters. The summed E-state index contributed by atoms with van der Waals surface area (Å²) in [5.41, 5.74) is 3.43. The van der Waals surface area contributed by atoms with E-state index in [9.17, 15) is 5.11 Å². The number of benzene rings is 2. The highest BCUT2D eigenvalue weighted by molar-refractivity contribution is 7.99. The molecule has 0 aliphatic heterocycles. The van der Waals surface area contributed by atoms with Crippen molar-refractivity contribution < 1.29 is 9.63 Å². The van der Waals surface area contributed by atoms with E-state index in [2.05, 4.69) is 39.2 Å². The van der Waals surface area contributed by atoms with Crippen molar-refractivity contribution in [1.82, 2.24) is 29.9 Å². The maximum absolute atomic E-state index is 9.77. The number of aromatic hydroxyl groups is 1. The number of pyridine rings is 1. The van der Waals surface area contributed by atoms with Gasteiger partial charge in [0.25, 0.3) is 0 Å². The van der Waals surface area contributed by atoms with Crippen LogP contribution in [-0.4, -0.2) is 40.7 Å². The van der Waals surface area contributed by atoms with Crippen molar-refractivity contribution in [2.24, 2.45) is 0 Å². The second-order valence-corrected chi connectivity index (χ2v) is 9.80. The number of hydrogen-bond donors (Lipinski definition) is 1. The van der Waals surface area contributed by atoms with Gasteiger partial charge in [0.1, 0.15) is 5.75 Å². The predicted molar refractivity (Wildman–Crippen MR) is 134 cm³/mol. The van der Waals surface area contributed by atoms with Gasteiger partial charge in [0.05, 0.1) is 5.41 Å². The molecule has 5 aromatic rings. The van der Waals surface area contributed by atoms with Crippen molar-refractivity contribution >= 4 is 11.8 Å². The quantitative estimate of drug-likeness (QED) is 0.304. The van der Waals surface area contributed by atoms with Crippen LogP contribution in [-0.2, 0) is 5.41 Å². The van der Waals surface area contributed by atoms with Crippen molar-refractivity contribution in [3.8, 4) is 34.2 Å². The zero-order valence-electron chi connectivity index (χ0n) is 19.6. The third-order valence-electron chi connectivity index (χ3n) is 5.56. The molecular weight excluding hydrogens is 460 g/mol. The first-order valence-electron chi connectivity index (χ1n) is 11.1. The molecule has 2 aromatic carbocycles. The van der Waals surface area contributed by atoms with E-state index in [1.807, 2.05) is 60.0 Å². The van der Waals surface area contributed by atoms with Gasteiger partial charge in [0.15, 0.2) is 11.0 Å². The smallest absolute Gasteiger partial charge is 0.233 e. The molecule has 9 heteroatoms. The molecule has 176 valence electrons. The highest BCUT2D eigenvalue weighted by atomic mass is 32.2. The SMILES string of the molecule is Cc1ccc(-c2noc(C(C)(C)CSc3nnc(-c4ccncc4)n3-c3ccc(O)cc3)n2)cc1. The molecular formula is C26H24N6O2S. The van der Waals surface area contributed by atoms with Crippen LogP contribution < -0.4 is 0 Å². The number of aromatic nitrogens is 6. The lowest BCUT2D eigenvalue weighted by Crippen LogP contribution is -2.21. The van der Waals surface area contributed by atoms with Gasteiger partial charge in [-0.15, -0.1) is 10.2 Å². The molecule has 0 amide bonds. The van der Waals surface area contributed by atoms with Crippen molar-refractivity contribution in [2.45, 2.75) is 31.3 Å². The normalized spacial score (nSPS) is 11.6. The second-order valence-electron chi connectivity index (χ2n) is 8.86. The number of thioether (sulfide) groups is 1. The van der Waals surface area contributed by atoms with Crippen molar-refractivity contribution in [1.29, 1.82) is 0 Å². The average Bonchev–Trinajstić information content (AvgIpc) is 3.53. The number of phenols is 1. The molecule has 0 aliphatic carbocycles. The minimum Gasteiger partial charge on any atom is -0.508 e. The number of nitrogens with zero attached hydrogens (tertiary/aromatic N) is 6. The van der Waals surface area contributed by atoms with Crippen LogP contribution in [0, 0.1) is 6.92 Å². The van der Waals surface area contributed by atoms with Gasteiger partial charge in [-0.1, -0.05) is 60.6 Å². The standard InChI is InChI=1S/C26H24N6O2S/c1-17-4-6-18(7-5-17)22-28-24(34-31-22)26(2,3)16-35-25-30-29-23(19-12-14-27-15-13-19)32(25)20-8-10-21(33)11-9-20/h4-15,33H,16H2,1-3H3. The second kappa shape index (κ2) is 9.34. The fourth-order valence-corrected chi connectivity index (χ4v) is 4.54. The van der Waals surface area contributed by atoms with Crippen LogP contribution in [0.1, 0.15) is 25.3 Å². The summed E-state index contributed by atoms with van der Waals surface area (Å²) >= 11 is 1.55. The maximum atomic E-state index is 9.77. The lowest BCUT2D eigenvalue weighted by atomic mass is 9.96. The summed E-state index contributed by atoms with van der Waals surface area (Å²) in [7, 11) is 0. The first-order valence-corrected chi connectivity index (χ1v) is 12.1. The first-order chi connectivity index (χ1) is 16.9. The van der Waals surface area contributed by atoms with Gasteiger partial charge in [-0.25, -0.2) is 0 Å². The Hall–Kier alpha value is -3.98. The summed E-state index contributed by atoms with van der Waals surface area (Å²) in [6.45, 7) is 6.18. The van der Waals surface area contributed by atoms with Gasteiger partial charge in [-0.05, 0) is 43.3 Å². The van der Waals surface area contributed by atoms with E-state index >= 15 is 0 Å². The molecule has 0 saturated heterocycles. The monoisotopic (exact) mass is 484 g/mol. The average molecular weight is 485 g/mol. The van der Waals surface area contributed by atoms with Gasteiger partial charge < -0.3 is 9.63 Å². The number of phenolic OH excluding ortho intramolecular Hbond substituents is 1. The Balaban J connectivity index is 1.43. The fourth-order valence-electron chi connectivity index (χ4n) is 3.51. The Morgan fingerprint density at radius 1 is 0.914 bits per heavy atom. The predicted octanol–water partition coefficient (Wildman–Crippen LogP) is 5.46. The molecule has 35 heavy (non-hydrogen) atoms. The minimum atomic E-state index is -0.414. The summed E-state index contributed by atoms with van der Waals surface area (Å²) in [4.78, 5) is 8.77. The van der Waals surface area contributed by atoms with Gasteiger partial charge in [-0.2, -0.15) is 4.98 Å². The Bertz CT molecular complexity index is 1430. The Morgan fingerprint density at radius 2 is 1.63 bits per heavy atom. The third kappa shape index (κ3) is 4.81. The molecule has 5 rings (SSSR count). The Kier molecular flexibility index (Phi) is 6.08. The molecule has 1 N–H and O–H groups in total. The zero-order valence-corrected chi connectivity index (χ0v) is 20.4. The topological polar surface area (TPSA) is 103 Å². The van der Waals surface area contributed by atoms with Crippen LogP contribution in [0.3, 0.4) is 0 Å². The van der Waals surface area contributed by atoms with Crippen LogP contribution in [0.25, 0.3) is 28.5 Å². The van der Waals surface area contributed by atoms with Gasteiger partial charge in [0.2, 0.25) is 11.7 Å². The van der Waals surface area contributed by atoms with Crippen LogP contribution in [0.4, 0.5) is 0 Å². The summed E-state index contributed by atoms with van der Waals surface area (Å²) in [6.07, 6.45) is 3.45. The van der Waals surface area contributed by atoms with E-state index in [-0.39, 0.29) is 5.75 Å². The van der Waals surface area contributed by atoms with E-state index in [0.717, 1.165) is 16.8 Å². The maximum Gasteiger partial charge on any atom is 0.233 e. The van der Waals surface area contributed by atoms with E-state index in [0.29, 0.717) is 28.4 Å². The van der Waals surface area contributed by atoms with Crippen molar-refractivity contribution in [3.05, 3.63) is 84.5 Å². The lowest BCUT2D eigenvalue weighted by molar-refractivity contribution is 0.324. The molecule has 3 aromatic heterocycles. The van der Waals surface area contributed by atoms with Gasteiger partial charge >= 0.3 is 0 Å². The molecule has 3 heterocycles. The number of hydrogen-bond acceptors (Lipinski definition) is 8. The third-order valence-corrected chi connectivity index (χ3v) is 6.95. The van der Waals surface area contributed by atoms with Crippen molar-refractivity contribution in [3.63, 3.8) is 0 Å². The fraction of sp³-hybridized carbons (Fsp3) is 0.192. The summed E-state index contributed by atoms with van der Waals surface area (Å²) in [5.74, 6) is 2.66. The number of rotatable bonds is 7. The van der Waals surface area contributed by atoms with E-state index in [1.165, 1.54) is 5.56 Å². The molecule has 0 radical (unpaired) electrons. The van der Waals surface area contributed by atoms with Crippen molar-refractivity contribution in [2.75, 3.05) is 5.75 Å². The van der Waals surface area contributed by atoms with Crippen LogP contribution in [0.2, 0.25) is 0 Å². The van der Waals surface area contributed by atoms with E-state index < -0.39 is 5.41 Å². The molecule has 0 bridgehead atoms. The largest absolute Gasteiger partial charge is 0.508 e. The molecule has 8 nitrogen and oxygen atoms in total. The summed E-state index contributed by atoms with van der Waals surface area (Å²) in [6, 6.07) is 18.8. The summed E-state index contributed by atoms with van der Waals surface area (Å²) < 4.78 is 7.63. The van der Waals surface area contributed by atoms with Crippen LogP contribution in [0.15, 0.2) is 82.7 Å².